The molecule has 0 bridgehead atoms. The molecule has 0 aromatic rings. The zero-order valence-electron chi connectivity index (χ0n) is 14.1. The van der Waals surface area contributed by atoms with E-state index in [1.165, 1.54) is 51.4 Å². The second kappa shape index (κ2) is 11.7. The van der Waals surface area contributed by atoms with Crippen LogP contribution in [0.2, 0.25) is 0 Å². The fourth-order valence-corrected chi connectivity index (χ4v) is 2.67. The van der Waals surface area contributed by atoms with Gasteiger partial charge in [-0.1, -0.05) is 66.2 Å². The van der Waals surface area contributed by atoms with Crippen molar-refractivity contribution in [3.63, 3.8) is 0 Å². The van der Waals surface area contributed by atoms with Crippen LogP contribution in [0.15, 0.2) is 0 Å². The summed E-state index contributed by atoms with van der Waals surface area (Å²) in [4.78, 5) is 0. The van der Waals surface area contributed by atoms with E-state index >= 15 is 0 Å². The van der Waals surface area contributed by atoms with Gasteiger partial charge in [0.2, 0.25) is 0 Å². The van der Waals surface area contributed by atoms with Crippen LogP contribution in [-0.2, 0) is 0 Å². The Balaban J connectivity index is 3.40. The molecule has 0 aliphatic carbocycles. The molecule has 0 spiro atoms. The smallest absolute Gasteiger partial charge is 0.0125 e. The van der Waals surface area contributed by atoms with Gasteiger partial charge < -0.3 is 0 Å². The second-order valence-corrected chi connectivity index (χ2v) is 7.09. The highest BCUT2D eigenvalue weighted by Crippen LogP contribution is 2.20. The normalized spacial score (nSPS) is 15.2. The number of hydrazine groups is 1. The predicted molar refractivity (Wildman–Crippen MR) is 86.9 cm³/mol. The molecule has 0 amide bonds. The Morgan fingerprint density at radius 3 is 1.58 bits per heavy atom. The van der Waals surface area contributed by atoms with Crippen molar-refractivity contribution in [3.8, 4) is 0 Å². The number of nitrogens with two attached hydrogens (primary N) is 1. The molecule has 2 heteroatoms. The van der Waals surface area contributed by atoms with Crippen LogP contribution in [0, 0.1) is 17.8 Å². The van der Waals surface area contributed by atoms with Crippen LogP contribution in [0.25, 0.3) is 0 Å². The predicted octanol–water partition coefficient (Wildman–Crippen LogP) is 4.84. The van der Waals surface area contributed by atoms with E-state index in [2.05, 4.69) is 27.7 Å². The SMILES string of the molecule is CC(C)CCCC(C)CCCC(C)CCCN(C)N. The number of rotatable bonds is 12. The fraction of sp³-hybridized carbons (Fsp3) is 1.00. The fourth-order valence-electron chi connectivity index (χ4n) is 2.67. The highest BCUT2D eigenvalue weighted by molar-refractivity contribution is 4.59. The molecule has 0 aromatic heterocycles. The molecule has 2 nitrogen and oxygen atoms in total. The first-order valence-corrected chi connectivity index (χ1v) is 8.37. The summed E-state index contributed by atoms with van der Waals surface area (Å²) in [5, 5.41) is 1.80. The molecule has 2 N–H and O–H groups in total. The van der Waals surface area contributed by atoms with Crippen molar-refractivity contribution in [2.24, 2.45) is 23.6 Å². The van der Waals surface area contributed by atoms with E-state index in [0.29, 0.717) is 0 Å². The number of nitrogens with zero attached hydrogens (tertiary/aromatic N) is 1. The van der Waals surface area contributed by atoms with Crippen molar-refractivity contribution < 1.29 is 0 Å². The summed E-state index contributed by atoms with van der Waals surface area (Å²) >= 11 is 0. The maximum absolute atomic E-state index is 5.62. The molecule has 0 aliphatic rings. The first kappa shape index (κ1) is 18.9. The highest BCUT2D eigenvalue weighted by atomic mass is 15.4. The Morgan fingerprint density at radius 2 is 1.16 bits per heavy atom. The zero-order valence-corrected chi connectivity index (χ0v) is 14.1. The van der Waals surface area contributed by atoms with E-state index in [1.807, 2.05) is 7.05 Å². The number of hydrogen-bond donors (Lipinski definition) is 1. The maximum atomic E-state index is 5.62. The summed E-state index contributed by atoms with van der Waals surface area (Å²) in [7, 11) is 1.95. The van der Waals surface area contributed by atoms with Crippen molar-refractivity contribution in [3.05, 3.63) is 0 Å². The minimum atomic E-state index is 0.864. The summed E-state index contributed by atoms with van der Waals surface area (Å²) in [6.45, 7) is 10.5. The average Bonchev–Trinajstić information content (AvgIpc) is 2.27. The Labute approximate surface area is 122 Å². The maximum Gasteiger partial charge on any atom is 0.0125 e. The van der Waals surface area contributed by atoms with Gasteiger partial charge in [0.25, 0.3) is 0 Å². The van der Waals surface area contributed by atoms with Gasteiger partial charge in [0.05, 0.1) is 0 Å². The third kappa shape index (κ3) is 14.1. The van der Waals surface area contributed by atoms with Gasteiger partial charge in [-0.05, 0) is 30.6 Å². The van der Waals surface area contributed by atoms with Crippen molar-refractivity contribution in [2.75, 3.05) is 13.6 Å². The lowest BCUT2D eigenvalue weighted by molar-refractivity contribution is 0.318. The van der Waals surface area contributed by atoms with Gasteiger partial charge in [-0.2, -0.15) is 0 Å². The lowest BCUT2D eigenvalue weighted by atomic mass is 9.92. The quantitative estimate of drug-likeness (QED) is 0.406. The summed E-state index contributed by atoms with van der Waals surface area (Å²) in [5.41, 5.74) is 0. The van der Waals surface area contributed by atoms with Crippen molar-refractivity contribution >= 4 is 0 Å². The van der Waals surface area contributed by atoms with Crippen LogP contribution in [0.5, 0.6) is 0 Å². The standard InChI is InChI=1S/C17H38N2/c1-15(2)9-6-10-16(3)11-7-12-17(4)13-8-14-19(5)18/h15-17H,6-14,18H2,1-5H3. The van der Waals surface area contributed by atoms with Crippen LogP contribution >= 0.6 is 0 Å². The molecule has 2 unspecified atom stereocenters. The lowest BCUT2D eigenvalue weighted by Gasteiger charge is -2.16. The minimum Gasteiger partial charge on any atom is -0.269 e. The summed E-state index contributed by atoms with van der Waals surface area (Å²) in [6, 6.07) is 0. The molecule has 19 heavy (non-hydrogen) atoms. The topological polar surface area (TPSA) is 29.3 Å². The first-order chi connectivity index (χ1) is 8.91. The zero-order chi connectivity index (χ0) is 14.7. The molecule has 2 atom stereocenters. The summed E-state index contributed by atoms with van der Waals surface area (Å²) < 4.78 is 0. The van der Waals surface area contributed by atoms with E-state index in [9.17, 15) is 0 Å². The molecule has 0 saturated heterocycles. The van der Waals surface area contributed by atoms with Crippen LogP contribution in [0.1, 0.15) is 79.1 Å². The van der Waals surface area contributed by atoms with Crippen LogP contribution in [0.3, 0.4) is 0 Å². The molecular weight excluding hydrogens is 232 g/mol. The van der Waals surface area contributed by atoms with E-state index in [4.69, 9.17) is 5.84 Å². The molecule has 0 rings (SSSR count). The average molecular weight is 271 g/mol. The van der Waals surface area contributed by atoms with Crippen molar-refractivity contribution in [2.45, 2.75) is 79.1 Å². The largest absolute Gasteiger partial charge is 0.269 e. The van der Waals surface area contributed by atoms with Crippen LogP contribution < -0.4 is 5.84 Å². The molecule has 0 fully saturated rings. The summed E-state index contributed by atoms with van der Waals surface area (Å²) in [5.74, 6) is 8.27. The van der Waals surface area contributed by atoms with Gasteiger partial charge >= 0.3 is 0 Å². The molecule has 0 heterocycles. The Hall–Kier alpha value is -0.0800. The third-order valence-corrected chi connectivity index (χ3v) is 4.08. The Kier molecular flexibility index (Phi) is 11.7. The van der Waals surface area contributed by atoms with Crippen molar-refractivity contribution in [1.82, 2.24) is 5.01 Å². The lowest BCUT2D eigenvalue weighted by Crippen LogP contribution is -2.27. The summed E-state index contributed by atoms with van der Waals surface area (Å²) in [6.07, 6.45) is 11.0. The van der Waals surface area contributed by atoms with E-state index in [1.54, 1.807) is 5.01 Å². The van der Waals surface area contributed by atoms with Crippen LogP contribution in [0.4, 0.5) is 0 Å². The molecule has 116 valence electrons. The molecule has 0 radical (unpaired) electrons. The number of hydrogen-bond acceptors (Lipinski definition) is 2. The monoisotopic (exact) mass is 270 g/mol. The molecule has 0 aliphatic heterocycles. The van der Waals surface area contributed by atoms with Crippen LogP contribution in [-0.4, -0.2) is 18.6 Å². The van der Waals surface area contributed by atoms with Gasteiger partial charge in [0, 0.05) is 13.6 Å². The second-order valence-electron chi connectivity index (χ2n) is 7.09. The molecule has 0 aromatic carbocycles. The third-order valence-electron chi connectivity index (χ3n) is 4.08. The van der Waals surface area contributed by atoms with Gasteiger partial charge in [-0.3, -0.25) is 10.9 Å². The van der Waals surface area contributed by atoms with E-state index in [-0.39, 0.29) is 0 Å². The minimum absolute atomic E-state index is 0.864. The van der Waals surface area contributed by atoms with Gasteiger partial charge in [0.15, 0.2) is 0 Å². The Morgan fingerprint density at radius 1 is 0.737 bits per heavy atom. The highest BCUT2D eigenvalue weighted by Gasteiger charge is 2.06. The Bertz CT molecular complexity index is 170. The van der Waals surface area contributed by atoms with Gasteiger partial charge in [-0.25, -0.2) is 0 Å². The van der Waals surface area contributed by atoms with E-state index < -0.39 is 0 Å². The first-order valence-electron chi connectivity index (χ1n) is 8.37. The van der Waals surface area contributed by atoms with Gasteiger partial charge in [0.1, 0.15) is 0 Å². The van der Waals surface area contributed by atoms with Gasteiger partial charge in [-0.15, -0.1) is 0 Å². The van der Waals surface area contributed by atoms with E-state index in [0.717, 1.165) is 24.3 Å². The van der Waals surface area contributed by atoms with Crippen molar-refractivity contribution in [1.29, 1.82) is 0 Å². The molecular formula is C17H38N2. The molecule has 0 saturated carbocycles.